The molecule has 7 heterocycles. The van der Waals surface area contributed by atoms with Crippen LogP contribution in [0.25, 0.3) is 57.4 Å². The fraction of sp³-hybridized carbons (Fsp3) is 0. The lowest BCUT2D eigenvalue weighted by molar-refractivity contribution is 1.08. The highest BCUT2D eigenvalue weighted by atomic mass is 16.1. The van der Waals surface area contributed by atoms with Gasteiger partial charge in [-0.25, -0.2) is 14.8 Å². The average Bonchev–Trinajstić information content (AvgIpc) is 3.68. The minimum absolute atomic E-state index is 0.244. The van der Waals surface area contributed by atoms with Gasteiger partial charge in [0.05, 0.1) is 33.8 Å². The van der Waals surface area contributed by atoms with Gasteiger partial charge in [0.2, 0.25) is 0 Å². The van der Waals surface area contributed by atoms with Crippen molar-refractivity contribution in [1.82, 2.24) is 34.9 Å². The lowest BCUT2D eigenvalue weighted by Crippen LogP contribution is -2.10. The molecule has 180 valence electrons. The summed E-state index contributed by atoms with van der Waals surface area (Å²) in [6.45, 7) is 0. The first kappa shape index (κ1) is 22.1. The van der Waals surface area contributed by atoms with Crippen LogP contribution in [0.4, 0.5) is 5.82 Å². The largest absolute Gasteiger partial charge is 0.383 e. The molecule has 0 saturated carbocycles. The number of fused-ring (bicyclic) bond motifs is 11. The minimum Gasteiger partial charge on any atom is -0.383 e. The Labute approximate surface area is 210 Å². The van der Waals surface area contributed by atoms with E-state index in [0.717, 1.165) is 55.9 Å². The van der Waals surface area contributed by atoms with Gasteiger partial charge >= 0.3 is 5.69 Å². The van der Waals surface area contributed by atoms with Crippen molar-refractivity contribution in [3.63, 3.8) is 0 Å². The third-order valence-corrected chi connectivity index (χ3v) is 5.71. The number of nitrogens with zero attached hydrogens (tertiary/aromatic N) is 3. The van der Waals surface area contributed by atoms with Crippen LogP contribution in [-0.4, -0.2) is 34.9 Å². The summed E-state index contributed by atoms with van der Waals surface area (Å²) in [5.41, 5.74) is 14.5. The van der Waals surface area contributed by atoms with Gasteiger partial charge in [0.25, 0.3) is 0 Å². The molecule has 2 aliphatic heterocycles. The number of nitrogens with two attached hydrogens (primary N) is 1. The van der Waals surface area contributed by atoms with E-state index in [1.54, 1.807) is 0 Å². The van der Waals surface area contributed by atoms with E-state index in [9.17, 15) is 4.79 Å². The van der Waals surface area contributed by atoms with E-state index in [4.69, 9.17) is 15.7 Å². The molecule has 37 heavy (non-hydrogen) atoms. The molecule has 5 aromatic heterocycles. The van der Waals surface area contributed by atoms with E-state index in [1.165, 1.54) is 12.3 Å². The zero-order valence-electron chi connectivity index (χ0n) is 19.6. The lowest BCUT2D eigenvalue weighted by atomic mass is 10.3. The summed E-state index contributed by atoms with van der Waals surface area (Å²) in [5, 5.41) is 0. The number of anilines is 1. The summed E-state index contributed by atoms with van der Waals surface area (Å²) in [6, 6.07) is 22.1. The number of hydrogen-bond donors (Lipinski definition) is 5. The SMILES string of the molecule is C1=Cc2cc3ccc([nH]3)c3ccc(cc4nc(cc5ccc(cc1n2)[nH]5)C=C4)[nH]3.Nc1cc[nH]c(=O)n1. The van der Waals surface area contributed by atoms with Crippen molar-refractivity contribution in [2.45, 2.75) is 0 Å². The second kappa shape index (κ2) is 9.31. The molecule has 0 aliphatic carbocycles. The molecule has 0 unspecified atom stereocenters. The number of nitrogens with one attached hydrogen (secondary N) is 4. The summed E-state index contributed by atoms with van der Waals surface area (Å²) in [5.74, 6) is 0.244. The highest BCUT2D eigenvalue weighted by molar-refractivity contribution is 5.82. The van der Waals surface area contributed by atoms with Gasteiger partial charge < -0.3 is 25.7 Å². The second-order valence-corrected chi connectivity index (χ2v) is 8.51. The molecular weight excluding hydrogens is 464 g/mol. The van der Waals surface area contributed by atoms with Crippen molar-refractivity contribution in [3.8, 4) is 0 Å². The number of H-pyrrole nitrogens is 4. The van der Waals surface area contributed by atoms with Crippen molar-refractivity contribution in [2.24, 2.45) is 0 Å². The van der Waals surface area contributed by atoms with Crippen molar-refractivity contribution < 1.29 is 0 Å². The Morgan fingerprint density at radius 1 is 0.541 bits per heavy atom. The highest BCUT2D eigenvalue weighted by Gasteiger charge is 2.01. The molecular formula is C28H22N8O. The van der Waals surface area contributed by atoms with Crippen LogP contribution in [0, 0.1) is 0 Å². The molecule has 0 saturated heterocycles. The van der Waals surface area contributed by atoms with Gasteiger partial charge in [-0.05, 0) is 91.0 Å². The normalized spacial score (nSPS) is 11.8. The maximum Gasteiger partial charge on any atom is 0.346 e. The van der Waals surface area contributed by atoms with Crippen LogP contribution in [0.3, 0.4) is 0 Å². The van der Waals surface area contributed by atoms with Crippen LogP contribution >= 0.6 is 0 Å². The zero-order chi connectivity index (χ0) is 25.2. The monoisotopic (exact) mass is 486 g/mol. The Morgan fingerprint density at radius 3 is 1.38 bits per heavy atom. The van der Waals surface area contributed by atoms with Crippen LogP contribution < -0.4 is 11.4 Å². The van der Waals surface area contributed by atoms with E-state index < -0.39 is 5.69 Å². The van der Waals surface area contributed by atoms with Crippen molar-refractivity contribution >= 4 is 63.2 Å². The predicted octanol–water partition coefficient (Wildman–Crippen LogP) is 5.05. The van der Waals surface area contributed by atoms with Crippen molar-refractivity contribution in [3.05, 3.63) is 106 Å². The summed E-state index contributed by atoms with van der Waals surface area (Å²) < 4.78 is 0. The molecule has 6 N–H and O–H groups in total. The maximum absolute atomic E-state index is 10.2. The topological polar surface area (TPSA) is 145 Å². The molecule has 10 bridgehead atoms. The molecule has 0 fully saturated rings. The molecule has 9 heteroatoms. The van der Waals surface area contributed by atoms with E-state index in [-0.39, 0.29) is 5.82 Å². The van der Waals surface area contributed by atoms with Crippen molar-refractivity contribution in [2.75, 3.05) is 5.73 Å². The summed E-state index contributed by atoms with van der Waals surface area (Å²) in [6.07, 6.45) is 9.55. The number of aromatic nitrogens is 7. The van der Waals surface area contributed by atoms with E-state index in [2.05, 4.69) is 61.3 Å². The standard InChI is InChI=1S/C24H17N5.C4H5N3O/c1-2-16-12-18-4-6-20(27-18)14-22-8-10-24(29-22)23-9-7-21(28-23)13-19-5-3-17(26-19)11-15(1)25-16;5-3-1-2-6-4(8)7-3/h1-14,25,28-29H;1-2H,(H3,5,6,7,8). The summed E-state index contributed by atoms with van der Waals surface area (Å²) in [4.78, 5) is 35.6. The van der Waals surface area contributed by atoms with E-state index in [0.29, 0.717) is 0 Å². The number of nitrogen functional groups attached to an aromatic ring is 1. The molecule has 0 atom stereocenters. The van der Waals surface area contributed by atoms with Gasteiger partial charge in [-0.15, -0.1) is 0 Å². The number of rotatable bonds is 0. The van der Waals surface area contributed by atoms with Gasteiger partial charge in [-0.2, -0.15) is 4.98 Å². The van der Waals surface area contributed by atoms with Gasteiger partial charge in [0.15, 0.2) is 0 Å². The minimum atomic E-state index is -0.412. The first-order valence-electron chi connectivity index (χ1n) is 11.6. The summed E-state index contributed by atoms with van der Waals surface area (Å²) >= 11 is 0. The number of aromatic amines is 4. The Kier molecular flexibility index (Phi) is 5.55. The molecule has 0 radical (unpaired) electrons. The van der Waals surface area contributed by atoms with E-state index >= 15 is 0 Å². The third kappa shape index (κ3) is 5.15. The third-order valence-electron chi connectivity index (χ3n) is 5.71. The molecule has 0 aromatic carbocycles. The van der Waals surface area contributed by atoms with Crippen molar-refractivity contribution in [1.29, 1.82) is 0 Å². The van der Waals surface area contributed by atoms with Crippen LogP contribution in [0.5, 0.6) is 0 Å². The van der Waals surface area contributed by atoms with Crippen LogP contribution in [0.1, 0.15) is 22.8 Å². The fourth-order valence-corrected chi connectivity index (χ4v) is 4.04. The Balaban J connectivity index is 0.000000272. The Hall–Kier alpha value is -5.44. The summed E-state index contributed by atoms with van der Waals surface area (Å²) in [7, 11) is 0. The van der Waals surface area contributed by atoms with Gasteiger partial charge in [-0.3, -0.25) is 0 Å². The maximum atomic E-state index is 10.2. The fourth-order valence-electron chi connectivity index (χ4n) is 4.04. The lowest BCUT2D eigenvalue weighted by Gasteiger charge is -1.85. The smallest absolute Gasteiger partial charge is 0.346 e. The second-order valence-electron chi connectivity index (χ2n) is 8.51. The zero-order valence-corrected chi connectivity index (χ0v) is 19.6. The van der Waals surface area contributed by atoms with E-state index in [1.807, 2.05) is 48.6 Å². The molecule has 0 spiro atoms. The first-order valence-corrected chi connectivity index (χ1v) is 11.6. The van der Waals surface area contributed by atoms with Gasteiger partial charge in [0.1, 0.15) is 5.82 Å². The van der Waals surface area contributed by atoms with Crippen LogP contribution in [-0.2, 0) is 0 Å². The van der Waals surface area contributed by atoms with Crippen LogP contribution in [0.2, 0.25) is 0 Å². The van der Waals surface area contributed by atoms with Crippen LogP contribution in [0.15, 0.2) is 77.7 Å². The number of hydrogen-bond acceptors (Lipinski definition) is 5. The Bertz CT molecular complexity index is 1820. The first-order chi connectivity index (χ1) is 18.1. The predicted molar refractivity (Wildman–Crippen MR) is 149 cm³/mol. The molecule has 7 rings (SSSR count). The molecule has 2 aliphatic rings. The molecule has 9 nitrogen and oxygen atoms in total. The quantitative estimate of drug-likeness (QED) is 0.204. The Morgan fingerprint density at radius 2 is 0.973 bits per heavy atom. The average molecular weight is 487 g/mol. The molecule has 5 aromatic rings. The molecule has 0 amide bonds. The highest BCUT2D eigenvalue weighted by Crippen LogP contribution is 2.18. The van der Waals surface area contributed by atoms with Gasteiger partial charge in [-0.1, -0.05) is 0 Å². The van der Waals surface area contributed by atoms with Gasteiger partial charge in [0, 0.05) is 28.3 Å².